The average molecular weight is 156 g/mol. The topological polar surface area (TPSA) is 41.5 Å². The van der Waals surface area contributed by atoms with Gasteiger partial charge < -0.3 is 0 Å². The predicted octanol–water partition coefficient (Wildman–Crippen LogP) is 1.69. The number of nitrogens with zero attached hydrogens (tertiary/aromatic N) is 1. The van der Waals surface area contributed by atoms with E-state index in [4.69, 9.17) is 0 Å². The molecule has 0 heterocycles. The number of hydrogen-bond donors (Lipinski definition) is 1. The fourth-order valence-electron chi connectivity index (χ4n) is 0.567. The fraction of sp³-hybridized carbons (Fsp3) is 0.750. The zero-order valence-corrected chi connectivity index (χ0v) is 7.48. The van der Waals surface area contributed by atoms with Crippen LogP contribution in [0.4, 0.5) is 0 Å². The monoisotopic (exact) mass is 156 g/mol. The lowest BCUT2D eigenvalue weighted by molar-refractivity contribution is -0.121. The van der Waals surface area contributed by atoms with E-state index in [2.05, 4.69) is 17.5 Å². The molecular formula is C8H16N2O. The second-order valence-electron chi connectivity index (χ2n) is 2.70. The highest BCUT2D eigenvalue weighted by Crippen LogP contribution is 1.92. The van der Waals surface area contributed by atoms with Crippen LogP contribution in [0, 0.1) is 0 Å². The number of hydrogen-bond acceptors (Lipinski definition) is 2. The average Bonchev–Trinajstić information content (AvgIpc) is 1.97. The van der Waals surface area contributed by atoms with Crippen LogP contribution >= 0.6 is 0 Å². The molecule has 0 rings (SSSR count). The second-order valence-corrected chi connectivity index (χ2v) is 2.70. The molecular weight excluding hydrogens is 140 g/mol. The molecule has 11 heavy (non-hydrogen) atoms. The van der Waals surface area contributed by atoms with Crippen LogP contribution in [-0.2, 0) is 4.79 Å². The Hall–Kier alpha value is -0.860. The highest BCUT2D eigenvalue weighted by Gasteiger charge is 1.96. The number of nitrogens with one attached hydrogen (secondary N) is 1. The van der Waals surface area contributed by atoms with Gasteiger partial charge in [-0.1, -0.05) is 13.3 Å². The summed E-state index contributed by atoms with van der Waals surface area (Å²) in [5.41, 5.74) is 3.34. The van der Waals surface area contributed by atoms with Gasteiger partial charge >= 0.3 is 0 Å². The maximum atomic E-state index is 10.9. The molecule has 1 amide bonds. The molecule has 3 nitrogen and oxygen atoms in total. The Balaban J connectivity index is 3.45. The third-order valence-corrected chi connectivity index (χ3v) is 1.16. The quantitative estimate of drug-likeness (QED) is 0.488. The van der Waals surface area contributed by atoms with Gasteiger partial charge in [0, 0.05) is 12.1 Å². The molecule has 1 N–H and O–H groups in total. The summed E-state index contributed by atoms with van der Waals surface area (Å²) >= 11 is 0. The molecule has 0 aliphatic heterocycles. The Morgan fingerprint density at radius 2 is 2.09 bits per heavy atom. The summed E-state index contributed by atoms with van der Waals surface area (Å²) in [7, 11) is 0. The summed E-state index contributed by atoms with van der Waals surface area (Å²) in [5, 5.41) is 3.79. The Morgan fingerprint density at radius 1 is 1.45 bits per heavy atom. The largest absolute Gasteiger partial charge is 0.273 e. The van der Waals surface area contributed by atoms with Crippen molar-refractivity contribution in [3.05, 3.63) is 0 Å². The van der Waals surface area contributed by atoms with E-state index >= 15 is 0 Å². The van der Waals surface area contributed by atoms with E-state index in [1.54, 1.807) is 0 Å². The summed E-state index contributed by atoms with van der Waals surface area (Å²) < 4.78 is 0. The van der Waals surface area contributed by atoms with Gasteiger partial charge in [-0.25, -0.2) is 5.43 Å². The van der Waals surface area contributed by atoms with Gasteiger partial charge in [0.05, 0.1) is 0 Å². The van der Waals surface area contributed by atoms with E-state index in [1.165, 1.54) is 0 Å². The minimum atomic E-state index is 0.00745. The van der Waals surface area contributed by atoms with Crippen LogP contribution in [0.15, 0.2) is 5.10 Å². The van der Waals surface area contributed by atoms with Crippen LogP contribution in [0.1, 0.15) is 40.0 Å². The minimum Gasteiger partial charge on any atom is -0.273 e. The lowest BCUT2D eigenvalue weighted by atomic mass is 10.2. The van der Waals surface area contributed by atoms with Crippen LogP contribution in [0.3, 0.4) is 0 Å². The van der Waals surface area contributed by atoms with E-state index in [0.717, 1.165) is 18.6 Å². The Labute approximate surface area is 67.9 Å². The van der Waals surface area contributed by atoms with Gasteiger partial charge in [-0.2, -0.15) is 5.10 Å². The standard InChI is InChI=1S/C8H16N2O/c1-4-5-6-8(11)10-9-7(2)3/h4-6H2,1-3H3,(H,10,11). The van der Waals surface area contributed by atoms with Gasteiger partial charge in [0.1, 0.15) is 0 Å². The molecule has 0 radical (unpaired) electrons. The predicted molar refractivity (Wildman–Crippen MR) is 46.5 cm³/mol. The van der Waals surface area contributed by atoms with Gasteiger partial charge in [-0.15, -0.1) is 0 Å². The van der Waals surface area contributed by atoms with Crippen molar-refractivity contribution in [2.24, 2.45) is 5.10 Å². The summed E-state index contributed by atoms with van der Waals surface area (Å²) in [6.07, 6.45) is 2.56. The molecule has 0 aliphatic carbocycles. The van der Waals surface area contributed by atoms with Crippen LogP contribution < -0.4 is 5.43 Å². The lowest BCUT2D eigenvalue weighted by Crippen LogP contribution is -2.17. The van der Waals surface area contributed by atoms with Gasteiger partial charge in [-0.3, -0.25) is 4.79 Å². The van der Waals surface area contributed by atoms with Crippen molar-refractivity contribution in [2.45, 2.75) is 40.0 Å². The fourth-order valence-corrected chi connectivity index (χ4v) is 0.567. The maximum Gasteiger partial charge on any atom is 0.240 e. The number of amides is 1. The van der Waals surface area contributed by atoms with E-state index < -0.39 is 0 Å². The summed E-state index contributed by atoms with van der Waals surface area (Å²) in [6.45, 7) is 5.75. The molecule has 0 saturated heterocycles. The highest BCUT2D eigenvalue weighted by atomic mass is 16.2. The van der Waals surface area contributed by atoms with Crippen LogP contribution in [0.5, 0.6) is 0 Å². The third kappa shape index (κ3) is 7.03. The molecule has 0 unspecified atom stereocenters. The van der Waals surface area contributed by atoms with Crippen molar-refractivity contribution in [3.63, 3.8) is 0 Å². The zero-order chi connectivity index (χ0) is 8.69. The van der Waals surface area contributed by atoms with Crippen molar-refractivity contribution in [1.29, 1.82) is 0 Å². The lowest BCUT2D eigenvalue weighted by Gasteiger charge is -1.97. The second kappa shape index (κ2) is 5.89. The van der Waals surface area contributed by atoms with Crippen LogP contribution in [0.25, 0.3) is 0 Å². The van der Waals surface area contributed by atoms with Gasteiger partial charge in [0.2, 0.25) is 5.91 Å². The molecule has 64 valence electrons. The maximum absolute atomic E-state index is 10.9. The summed E-state index contributed by atoms with van der Waals surface area (Å²) in [6, 6.07) is 0. The Bertz CT molecular complexity index is 148. The zero-order valence-electron chi connectivity index (χ0n) is 7.48. The van der Waals surface area contributed by atoms with Crippen molar-refractivity contribution in [3.8, 4) is 0 Å². The third-order valence-electron chi connectivity index (χ3n) is 1.16. The van der Waals surface area contributed by atoms with Gasteiger partial charge in [0.25, 0.3) is 0 Å². The normalized spacial score (nSPS) is 9.00. The molecule has 0 aromatic carbocycles. The van der Waals surface area contributed by atoms with E-state index in [-0.39, 0.29) is 5.91 Å². The molecule has 0 aromatic rings. The summed E-state index contributed by atoms with van der Waals surface area (Å²) in [5.74, 6) is 0.00745. The first-order valence-corrected chi connectivity index (χ1v) is 3.96. The van der Waals surface area contributed by atoms with Crippen molar-refractivity contribution >= 4 is 11.6 Å². The highest BCUT2D eigenvalue weighted by molar-refractivity contribution is 5.82. The molecule has 0 atom stereocenters. The first-order valence-electron chi connectivity index (χ1n) is 3.96. The number of carbonyl (C=O) groups is 1. The van der Waals surface area contributed by atoms with Crippen LogP contribution in [0.2, 0.25) is 0 Å². The van der Waals surface area contributed by atoms with Crippen LogP contribution in [-0.4, -0.2) is 11.6 Å². The van der Waals surface area contributed by atoms with Gasteiger partial charge in [0.15, 0.2) is 0 Å². The molecule has 0 aromatic heterocycles. The number of rotatable bonds is 4. The van der Waals surface area contributed by atoms with E-state index in [9.17, 15) is 4.79 Å². The number of unbranched alkanes of at least 4 members (excludes halogenated alkanes) is 1. The van der Waals surface area contributed by atoms with Crippen molar-refractivity contribution in [2.75, 3.05) is 0 Å². The van der Waals surface area contributed by atoms with E-state index in [1.807, 2.05) is 13.8 Å². The van der Waals surface area contributed by atoms with Crippen molar-refractivity contribution < 1.29 is 4.79 Å². The van der Waals surface area contributed by atoms with E-state index in [0.29, 0.717) is 6.42 Å². The molecule has 0 bridgehead atoms. The summed E-state index contributed by atoms with van der Waals surface area (Å²) in [4.78, 5) is 10.9. The molecule has 3 heteroatoms. The minimum absolute atomic E-state index is 0.00745. The smallest absolute Gasteiger partial charge is 0.240 e. The Morgan fingerprint density at radius 3 is 2.55 bits per heavy atom. The SMILES string of the molecule is CCCCC(=O)NN=C(C)C. The van der Waals surface area contributed by atoms with Crippen molar-refractivity contribution in [1.82, 2.24) is 5.43 Å². The number of carbonyl (C=O) groups excluding carboxylic acids is 1. The first kappa shape index (κ1) is 10.1. The molecule has 0 spiro atoms. The van der Waals surface area contributed by atoms with Gasteiger partial charge in [-0.05, 0) is 20.3 Å². The Kier molecular flexibility index (Phi) is 5.43. The first-order chi connectivity index (χ1) is 5.16. The molecule has 0 fully saturated rings. The molecule has 0 saturated carbocycles. The molecule has 0 aliphatic rings. The number of hydrazone groups is 1.